The molecule has 2 N–H and O–H groups in total. The third kappa shape index (κ3) is 4.13. The van der Waals surface area contributed by atoms with Crippen LogP contribution in [-0.2, 0) is 6.54 Å². The van der Waals surface area contributed by atoms with Gasteiger partial charge in [0.15, 0.2) is 11.7 Å². The van der Waals surface area contributed by atoms with Crippen LogP contribution in [0.25, 0.3) is 0 Å². The van der Waals surface area contributed by atoms with Crippen molar-refractivity contribution in [2.75, 3.05) is 12.4 Å². The van der Waals surface area contributed by atoms with Crippen molar-refractivity contribution < 1.29 is 22.7 Å². The zero-order valence-electron chi connectivity index (χ0n) is 15.9. The molecular formula is C20H19F3N4O2S. The Kier molecular flexibility index (Phi) is 5.42. The number of rotatable bonds is 5. The number of aromatic nitrogens is 2. The fourth-order valence-electron chi connectivity index (χ4n) is 3.43. The number of halogens is 3. The highest BCUT2D eigenvalue weighted by Crippen LogP contribution is 2.43. The van der Waals surface area contributed by atoms with E-state index in [4.69, 9.17) is 4.74 Å². The topological polar surface area (TPSA) is 68.2 Å². The van der Waals surface area contributed by atoms with Gasteiger partial charge in [-0.2, -0.15) is 18.3 Å². The second-order valence-corrected chi connectivity index (χ2v) is 7.92. The van der Waals surface area contributed by atoms with Crippen molar-refractivity contribution >= 4 is 23.1 Å². The summed E-state index contributed by atoms with van der Waals surface area (Å²) < 4.78 is 47.4. The van der Waals surface area contributed by atoms with E-state index < -0.39 is 24.2 Å². The first-order valence-electron chi connectivity index (χ1n) is 9.22. The Morgan fingerprint density at radius 1 is 1.33 bits per heavy atom. The number of alkyl halides is 3. The Morgan fingerprint density at radius 3 is 2.87 bits per heavy atom. The number of methoxy groups -OCH3 is 1. The third-order valence-electron chi connectivity index (χ3n) is 4.92. The monoisotopic (exact) mass is 436 g/mol. The van der Waals surface area contributed by atoms with Gasteiger partial charge in [-0.05, 0) is 29.1 Å². The molecule has 0 aliphatic carbocycles. The second kappa shape index (κ2) is 8.02. The second-order valence-electron chi connectivity index (χ2n) is 6.89. The van der Waals surface area contributed by atoms with Gasteiger partial charge in [-0.15, -0.1) is 11.3 Å². The van der Waals surface area contributed by atoms with Crippen LogP contribution >= 0.6 is 11.3 Å². The van der Waals surface area contributed by atoms with Crippen LogP contribution in [0.4, 0.5) is 19.0 Å². The molecule has 4 rings (SSSR count). The molecule has 0 bridgehead atoms. The molecule has 6 nitrogen and oxygen atoms in total. The summed E-state index contributed by atoms with van der Waals surface area (Å²) in [6.07, 6.45) is -4.76. The molecule has 158 valence electrons. The van der Waals surface area contributed by atoms with Gasteiger partial charge in [-0.1, -0.05) is 18.2 Å². The molecule has 2 atom stereocenters. The van der Waals surface area contributed by atoms with Gasteiger partial charge in [-0.25, -0.2) is 4.68 Å². The molecule has 1 aliphatic heterocycles. The molecular weight excluding hydrogens is 417 g/mol. The number of ether oxygens (including phenoxy) is 1. The third-order valence-corrected chi connectivity index (χ3v) is 5.80. The van der Waals surface area contributed by atoms with Crippen molar-refractivity contribution in [2.45, 2.75) is 31.2 Å². The molecule has 0 saturated heterocycles. The molecule has 0 spiro atoms. The molecule has 3 aromatic rings. The van der Waals surface area contributed by atoms with Crippen LogP contribution in [-0.4, -0.2) is 29.0 Å². The van der Waals surface area contributed by atoms with E-state index in [1.165, 1.54) is 24.5 Å². The minimum absolute atomic E-state index is 0.0606. The fourth-order valence-corrected chi connectivity index (χ4v) is 4.08. The molecule has 3 heterocycles. The number of carbonyl (C=O) groups excluding carboxylic acids is 1. The molecule has 0 unspecified atom stereocenters. The molecule has 1 aromatic carbocycles. The van der Waals surface area contributed by atoms with Gasteiger partial charge in [0.25, 0.3) is 5.91 Å². The van der Waals surface area contributed by atoms with E-state index >= 15 is 0 Å². The molecule has 1 amide bonds. The Hall–Kier alpha value is -3.01. The summed E-state index contributed by atoms with van der Waals surface area (Å²) in [6.45, 7) is 0.293. The van der Waals surface area contributed by atoms with E-state index in [2.05, 4.69) is 15.7 Å². The van der Waals surface area contributed by atoms with Crippen LogP contribution in [0, 0.1) is 0 Å². The Balaban J connectivity index is 1.60. The summed E-state index contributed by atoms with van der Waals surface area (Å²) in [5.41, 5.74) is 0.606. The first-order valence-corrected chi connectivity index (χ1v) is 10.1. The summed E-state index contributed by atoms with van der Waals surface area (Å²) in [5, 5.41) is 11.6. The number of nitrogens with one attached hydrogen (secondary N) is 2. The maximum absolute atomic E-state index is 13.8. The van der Waals surface area contributed by atoms with Gasteiger partial charge in [0.1, 0.15) is 11.6 Å². The quantitative estimate of drug-likeness (QED) is 0.616. The molecule has 0 radical (unpaired) electrons. The smallest absolute Gasteiger partial charge is 0.410 e. The minimum atomic E-state index is -4.51. The first kappa shape index (κ1) is 20.3. The van der Waals surface area contributed by atoms with Gasteiger partial charge < -0.3 is 15.4 Å². The summed E-state index contributed by atoms with van der Waals surface area (Å²) in [4.78, 5) is 13.4. The van der Waals surface area contributed by atoms with E-state index in [0.29, 0.717) is 17.9 Å². The van der Waals surface area contributed by atoms with Crippen molar-refractivity contribution in [3.05, 3.63) is 64.0 Å². The first-order chi connectivity index (χ1) is 14.3. The Bertz CT molecular complexity index is 1030. The molecule has 30 heavy (non-hydrogen) atoms. The predicted octanol–water partition coefficient (Wildman–Crippen LogP) is 4.54. The summed E-state index contributed by atoms with van der Waals surface area (Å²) in [7, 11) is 1.50. The lowest BCUT2D eigenvalue weighted by atomic mass is 9.97. The highest BCUT2D eigenvalue weighted by atomic mass is 32.1. The normalized spacial score (nSPS) is 18.4. The van der Waals surface area contributed by atoms with Gasteiger partial charge >= 0.3 is 6.18 Å². The number of hydrogen-bond donors (Lipinski definition) is 2. The minimum Gasteiger partial charge on any atom is -0.497 e. The van der Waals surface area contributed by atoms with Crippen LogP contribution in [0.2, 0.25) is 0 Å². The molecule has 0 saturated carbocycles. The van der Waals surface area contributed by atoms with E-state index in [-0.39, 0.29) is 17.9 Å². The highest BCUT2D eigenvalue weighted by molar-refractivity contribution is 7.09. The van der Waals surface area contributed by atoms with Crippen LogP contribution in [0.3, 0.4) is 0 Å². The number of fused-ring (bicyclic) bond motifs is 1. The van der Waals surface area contributed by atoms with Gasteiger partial charge in [-0.3, -0.25) is 4.79 Å². The number of hydrogen-bond acceptors (Lipinski definition) is 5. The van der Waals surface area contributed by atoms with Crippen LogP contribution < -0.4 is 15.4 Å². The van der Waals surface area contributed by atoms with E-state index in [1.54, 1.807) is 24.3 Å². The maximum atomic E-state index is 13.8. The maximum Gasteiger partial charge on any atom is 0.410 e. The number of amides is 1. The predicted molar refractivity (Wildman–Crippen MR) is 107 cm³/mol. The van der Waals surface area contributed by atoms with Gasteiger partial charge in [0.2, 0.25) is 0 Å². The number of benzene rings is 1. The number of nitrogens with zero attached hydrogens (tertiary/aromatic N) is 2. The zero-order valence-corrected chi connectivity index (χ0v) is 16.8. The lowest BCUT2D eigenvalue weighted by Gasteiger charge is -2.33. The van der Waals surface area contributed by atoms with E-state index in [1.807, 2.05) is 17.5 Å². The standard InChI is InChI=1S/C20H19F3N4O2S/c1-29-13-5-2-4-12(8-13)15-9-17(20(21,22)23)27-18(25-15)10-16(26-27)19(28)24-11-14-6-3-7-30-14/h2-8,10,15,17,25H,9,11H2,1H3,(H,24,28)/t15-,17+/m1/s1. The fraction of sp³-hybridized carbons (Fsp3) is 0.300. The summed E-state index contributed by atoms with van der Waals surface area (Å²) in [5.74, 6) is 0.189. The highest BCUT2D eigenvalue weighted by Gasteiger charge is 2.46. The number of thiophene rings is 1. The average Bonchev–Trinajstić information content (AvgIpc) is 3.40. The van der Waals surface area contributed by atoms with Gasteiger partial charge in [0.05, 0.1) is 19.7 Å². The SMILES string of the molecule is COc1cccc([C@H]2C[C@@H](C(F)(F)F)n3nc(C(=O)NCc4cccs4)cc3N2)c1. The van der Waals surface area contributed by atoms with Crippen molar-refractivity contribution in [1.82, 2.24) is 15.1 Å². The van der Waals surface area contributed by atoms with Crippen molar-refractivity contribution in [3.8, 4) is 5.75 Å². The van der Waals surface area contributed by atoms with Crippen molar-refractivity contribution in [1.29, 1.82) is 0 Å². The van der Waals surface area contributed by atoms with Gasteiger partial charge in [0, 0.05) is 17.4 Å². The van der Waals surface area contributed by atoms with Crippen LogP contribution in [0.1, 0.15) is 39.4 Å². The van der Waals surface area contributed by atoms with Crippen molar-refractivity contribution in [2.24, 2.45) is 0 Å². The van der Waals surface area contributed by atoms with Crippen LogP contribution in [0.5, 0.6) is 5.75 Å². The molecule has 0 fully saturated rings. The number of carbonyl (C=O) groups is 1. The van der Waals surface area contributed by atoms with E-state index in [0.717, 1.165) is 9.56 Å². The summed E-state index contributed by atoms with van der Waals surface area (Å²) in [6, 6.07) is 9.54. The Labute approximate surface area is 174 Å². The average molecular weight is 436 g/mol. The molecule has 10 heteroatoms. The van der Waals surface area contributed by atoms with Crippen molar-refractivity contribution in [3.63, 3.8) is 0 Å². The Morgan fingerprint density at radius 2 is 2.17 bits per heavy atom. The number of anilines is 1. The zero-order chi connectivity index (χ0) is 21.3. The summed E-state index contributed by atoms with van der Waals surface area (Å²) >= 11 is 1.48. The van der Waals surface area contributed by atoms with E-state index in [9.17, 15) is 18.0 Å². The molecule has 2 aromatic heterocycles. The lowest BCUT2D eigenvalue weighted by Crippen LogP contribution is -2.35. The largest absolute Gasteiger partial charge is 0.497 e. The van der Waals surface area contributed by atoms with Crippen LogP contribution in [0.15, 0.2) is 47.8 Å². The molecule has 1 aliphatic rings. The lowest BCUT2D eigenvalue weighted by molar-refractivity contribution is -0.173.